The highest BCUT2D eigenvalue weighted by Gasteiger charge is 2.56. The number of hydrogen-bond donors (Lipinski definition) is 1. The Morgan fingerprint density at radius 3 is 2.19 bits per heavy atom. The summed E-state index contributed by atoms with van der Waals surface area (Å²) in [5.74, 6) is -7.69. The van der Waals surface area contributed by atoms with Crippen LogP contribution in [0.4, 0.5) is 0 Å². The maximum Gasteiger partial charge on any atom is 0.309 e. The van der Waals surface area contributed by atoms with Crippen LogP contribution in [0.15, 0.2) is 30.3 Å². The van der Waals surface area contributed by atoms with Crippen molar-refractivity contribution >= 4 is 23.8 Å². The van der Waals surface area contributed by atoms with Crippen molar-refractivity contribution in [3.8, 4) is 0 Å². The van der Waals surface area contributed by atoms with Gasteiger partial charge in [0, 0.05) is 7.05 Å². The number of carbonyl (C=O) groups is 4. The van der Waals surface area contributed by atoms with Gasteiger partial charge < -0.3 is 9.84 Å². The summed E-state index contributed by atoms with van der Waals surface area (Å²) in [5.41, 5.74) is 0.862. The first-order chi connectivity index (χ1) is 12.8. The molecule has 1 saturated heterocycles. The number of esters is 1. The Balaban J connectivity index is 2.55. The highest BCUT2D eigenvalue weighted by Crippen LogP contribution is 2.44. The molecule has 0 saturated carbocycles. The van der Waals surface area contributed by atoms with Crippen LogP contribution in [0.5, 0.6) is 0 Å². The van der Waals surface area contributed by atoms with Gasteiger partial charge in [-0.3, -0.25) is 24.1 Å². The average Bonchev–Trinajstić information content (AvgIpc) is 2.87. The number of likely N-dealkylation sites (tertiary alicyclic amines) is 1. The minimum atomic E-state index is -1.35. The molecule has 0 radical (unpaired) electrons. The van der Waals surface area contributed by atoms with Crippen LogP contribution in [0.25, 0.3) is 0 Å². The molecule has 0 aliphatic carbocycles. The minimum Gasteiger partial charge on any atom is -0.481 e. The Morgan fingerprint density at radius 2 is 1.70 bits per heavy atom. The molecule has 146 valence electrons. The summed E-state index contributed by atoms with van der Waals surface area (Å²) in [7, 11) is 2.53. The third kappa shape index (κ3) is 3.72. The summed E-state index contributed by atoms with van der Waals surface area (Å²) in [6.45, 7) is 3.31. The lowest BCUT2D eigenvalue weighted by atomic mass is 9.69. The molecule has 7 heteroatoms. The normalized spacial score (nSPS) is 23.0. The van der Waals surface area contributed by atoms with E-state index in [0.29, 0.717) is 6.42 Å². The number of ether oxygens (including phenoxy) is 1. The van der Waals surface area contributed by atoms with E-state index in [0.717, 1.165) is 10.5 Å². The Bertz CT molecular complexity index is 731. The lowest BCUT2D eigenvalue weighted by Crippen LogP contribution is -2.41. The van der Waals surface area contributed by atoms with Crippen LogP contribution in [0, 0.1) is 23.7 Å². The summed E-state index contributed by atoms with van der Waals surface area (Å²) in [4.78, 5) is 50.7. The van der Waals surface area contributed by atoms with Gasteiger partial charge in [-0.05, 0) is 17.9 Å². The highest BCUT2D eigenvalue weighted by molar-refractivity contribution is 6.07. The van der Waals surface area contributed by atoms with Crippen molar-refractivity contribution in [1.29, 1.82) is 0 Å². The molecule has 0 spiro atoms. The molecule has 5 unspecified atom stereocenters. The largest absolute Gasteiger partial charge is 0.481 e. The molecule has 27 heavy (non-hydrogen) atoms. The molecule has 1 aliphatic heterocycles. The third-order valence-electron chi connectivity index (χ3n) is 5.50. The number of methoxy groups -OCH3 is 1. The van der Waals surface area contributed by atoms with Crippen molar-refractivity contribution in [2.75, 3.05) is 14.2 Å². The van der Waals surface area contributed by atoms with Gasteiger partial charge in [-0.15, -0.1) is 0 Å². The number of nitrogens with zero attached hydrogens (tertiary/aromatic N) is 1. The second kappa shape index (κ2) is 8.33. The van der Waals surface area contributed by atoms with Crippen molar-refractivity contribution in [1.82, 2.24) is 4.90 Å². The van der Waals surface area contributed by atoms with E-state index in [1.807, 2.05) is 37.3 Å². The summed E-state index contributed by atoms with van der Waals surface area (Å²) in [6, 6.07) is 9.25. The lowest BCUT2D eigenvalue weighted by Gasteiger charge is -2.30. The Labute approximate surface area is 158 Å². The fraction of sp³-hybridized carbons (Fsp3) is 0.500. The number of imide groups is 1. The fourth-order valence-electron chi connectivity index (χ4n) is 4.07. The van der Waals surface area contributed by atoms with Crippen LogP contribution >= 0.6 is 0 Å². The van der Waals surface area contributed by atoms with E-state index in [1.165, 1.54) is 21.1 Å². The highest BCUT2D eigenvalue weighted by atomic mass is 16.5. The zero-order valence-corrected chi connectivity index (χ0v) is 15.9. The third-order valence-corrected chi connectivity index (χ3v) is 5.50. The van der Waals surface area contributed by atoms with Crippen molar-refractivity contribution in [3.63, 3.8) is 0 Å². The van der Waals surface area contributed by atoms with Crippen LogP contribution in [0.2, 0.25) is 0 Å². The fourth-order valence-corrected chi connectivity index (χ4v) is 4.07. The maximum absolute atomic E-state index is 12.9. The number of aliphatic carboxylic acids is 1. The predicted molar refractivity (Wildman–Crippen MR) is 96.5 cm³/mol. The lowest BCUT2D eigenvalue weighted by molar-refractivity contribution is -0.160. The number of hydrogen-bond acceptors (Lipinski definition) is 5. The first-order valence-corrected chi connectivity index (χ1v) is 8.93. The molecule has 5 atom stereocenters. The van der Waals surface area contributed by atoms with Gasteiger partial charge in [0.05, 0.1) is 30.8 Å². The number of carbonyl (C=O) groups excluding carboxylic acids is 3. The van der Waals surface area contributed by atoms with Gasteiger partial charge in [-0.25, -0.2) is 0 Å². The monoisotopic (exact) mass is 375 g/mol. The molecule has 7 nitrogen and oxygen atoms in total. The number of amides is 2. The Hall–Kier alpha value is -2.70. The summed E-state index contributed by atoms with van der Waals surface area (Å²) < 4.78 is 4.69. The SMILES string of the molecule is CCC(c1ccccc1)C1C(=O)N(C)C(=O)C1C(C(=O)O)C(C)C(=O)OC. The molecular formula is C20H25NO6. The molecule has 0 aromatic heterocycles. The van der Waals surface area contributed by atoms with Crippen molar-refractivity contribution in [2.45, 2.75) is 26.2 Å². The summed E-state index contributed by atoms with van der Waals surface area (Å²) in [5, 5.41) is 9.79. The molecule has 1 heterocycles. The number of carboxylic acid groups (broad SMARTS) is 1. The average molecular weight is 375 g/mol. The molecule has 0 bridgehead atoms. The van der Waals surface area contributed by atoms with E-state index in [1.54, 1.807) is 0 Å². The van der Waals surface area contributed by atoms with Crippen LogP contribution in [0.3, 0.4) is 0 Å². The van der Waals surface area contributed by atoms with Gasteiger partial charge in [0.2, 0.25) is 11.8 Å². The minimum absolute atomic E-state index is 0.329. The molecule has 1 N–H and O–H groups in total. The van der Waals surface area contributed by atoms with Gasteiger partial charge >= 0.3 is 11.9 Å². The van der Waals surface area contributed by atoms with Crippen molar-refractivity contribution in [3.05, 3.63) is 35.9 Å². The number of rotatable bonds is 7. The first kappa shape index (κ1) is 20.6. The van der Waals surface area contributed by atoms with Gasteiger partial charge in [0.15, 0.2) is 0 Å². The topological polar surface area (TPSA) is 101 Å². The van der Waals surface area contributed by atoms with E-state index >= 15 is 0 Å². The van der Waals surface area contributed by atoms with Gasteiger partial charge in [-0.1, -0.05) is 44.2 Å². The molecule has 1 aromatic carbocycles. The second-order valence-electron chi connectivity index (χ2n) is 6.89. The van der Waals surface area contributed by atoms with Crippen molar-refractivity contribution < 1.29 is 29.0 Å². The molecule has 2 rings (SSSR count). The van der Waals surface area contributed by atoms with E-state index in [4.69, 9.17) is 0 Å². The molecule has 1 aliphatic rings. The van der Waals surface area contributed by atoms with Gasteiger partial charge in [0.1, 0.15) is 0 Å². The zero-order valence-electron chi connectivity index (χ0n) is 15.9. The van der Waals surface area contributed by atoms with Gasteiger partial charge in [-0.2, -0.15) is 0 Å². The Morgan fingerprint density at radius 1 is 1.15 bits per heavy atom. The number of carboxylic acids is 1. The second-order valence-corrected chi connectivity index (χ2v) is 6.89. The standard InChI is InChI=1S/C20H25NO6/c1-5-13(12-9-7-6-8-10-12)15-16(18(23)21(3)17(15)22)14(19(24)25)11(2)20(26)27-4/h6-11,13-16H,5H2,1-4H3,(H,24,25). The van der Waals surface area contributed by atoms with Crippen LogP contribution in [0.1, 0.15) is 31.7 Å². The quantitative estimate of drug-likeness (QED) is 0.577. The molecule has 2 amide bonds. The molecular weight excluding hydrogens is 350 g/mol. The van der Waals surface area contributed by atoms with E-state index in [2.05, 4.69) is 4.74 Å². The summed E-state index contributed by atoms with van der Waals surface area (Å²) in [6.07, 6.45) is 0.553. The van der Waals surface area contributed by atoms with Gasteiger partial charge in [0.25, 0.3) is 0 Å². The molecule has 1 aromatic rings. The van der Waals surface area contributed by atoms with Crippen LogP contribution in [-0.2, 0) is 23.9 Å². The van der Waals surface area contributed by atoms with E-state index < -0.39 is 47.4 Å². The van der Waals surface area contributed by atoms with Crippen LogP contribution < -0.4 is 0 Å². The molecule has 1 fully saturated rings. The summed E-state index contributed by atoms with van der Waals surface area (Å²) >= 11 is 0. The smallest absolute Gasteiger partial charge is 0.309 e. The Kier molecular flexibility index (Phi) is 6.36. The van der Waals surface area contributed by atoms with Crippen molar-refractivity contribution in [2.24, 2.45) is 23.7 Å². The zero-order chi connectivity index (χ0) is 20.3. The number of benzene rings is 1. The van der Waals surface area contributed by atoms with E-state index in [-0.39, 0.29) is 5.92 Å². The first-order valence-electron chi connectivity index (χ1n) is 8.93. The maximum atomic E-state index is 12.9. The van der Waals surface area contributed by atoms with E-state index in [9.17, 15) is 24.3 Å². The van der Waals surface area contributed by atoms with Crippen LogP contribution in [-0.4, -0.2) is 47.9 Å². The predicted octanol–water partition coefficient (Wildman–Crippen LogP) is 1.92.